The molecule has 2 fully saturated rings. The number of hydrogen-bond acceptors (Lipinski definition) is 8. The van der Waals surface area contributed by atoms with Crippen LogP contribution in [0.4, 0.5) is 14.9 Å². The first kappa shape index (κ1) is 27.2. The van der Waals surface area contributed by atoms with E-state index in [2.05, 4.69) is 42.2 Å². The van der Waals surface area contributed by atoms with E-state index in [1.54, 1.807) is 24.7 Å². The minimum absolute atomic E-state index is 0.0477. The largest absolute Gasteiger partial charge is 0.494 e. The maximum atomic E-state index is 14.8. The molecule has 0 saturated carbocycles. The molecule has 3 aliphatic heterocycles. The van der Waals surface area contributed by atoms with Crippen molar-refractivity contribution in [2.24, 2.45) is 0 Å². The van der Waals surface area contributed by atoms with Gasteiger partial charge in [0, 0.05) is 69.1 Å². The number of pyridine rings is 2. The molecule has 2 N–H and O–H groups in total. The second kappa shape index (κ2) is 11.1. The number of methoxy groups -OCH3 is 1. The summed E-state index contributed by atoms with van der Waals surface area (Å²) in [6.07, 6.45) is 5.22. The number of benzene rings is 1. The fourth-order valence-corrected chi connectivity index (χ4v) is 5.42. The molecule has 6 rings (SSSR count). The van der Waals surface area contributed by atoms with E-state index in [1.165, 1.54) is 23.8 Å². The fourth-order valence-electron chi connectivity index (χ4n) is 5.42. The molecule has 3 aliphatic rings. The number of aromatic nitrogens is 2. The van der Waals surface area contributed by atoms with Gasteiger partial charge in [-0.25, -0.2) is 9.18 Å². The number of urea groups is 1. The van der Waals surface area contributed by atoms with Gasteiger partial charge in [0.05, 0.1) is 24.9 Å². The number of ether oxygens (including phenoxy) is 1. The van der Waals surface area contributed by atoms with Crippen molar-refractivity contribution >= 4 is 23.5 Å². The molecule has 2 saturated heterocycles. The van der Waals surface area contributed by atoms with Gasteiger partial charge in [0.15, 0.2) is 11.6 Å². The number of amides is 4. The van der Waals surface area contributed by atoms with E-state index in [4.69, 9.17) is 4.74 Å². The first-order chi connectivity index (χ1) is 20.3. The Morgan fingerprint density at radius 3 is 2.50 bits per heavy atom. The van der Waals surface area contributed by atoms with Crippen LogP contribution in [-0.2, 0) is 17.9 Å². The van der Waals surface area contributed by atoms with Crippen LogP contribution >= 0.6 is 0 Å². The van der Waals surface area contributed by atoms with E-state index < -0.39 is 29.2 Å². The van der Waals surface area contributed by atoms with E-state index >= 15 is 0 Å². The second-order valence-electron chi connectivity index (χ2n) is 10.3. The molecule has 4 amide bonds. The first-order valence-corrected chi connectivity index (χ1v) is 13.5. The third-order valence-electron chi connectivity index (χ3n) is 7.68. The highest BCUT2D eigenvalue weighted by atomic mass is 19.1. The Balaban J connectivity index is 1.13. The topological polar surface area (TPSA) is 120 Å². The van der Waals surface area contributed by atoms with Gasteiger partial charge in [0.2, 0.25) is 5.54 Å². The third-order valence-corrected chi connectivity index (χ3v) is 7.68. The summed E-state index contributed by atoms with van der Waals surface area (Å²) in [5, 5.41) is 4.76. The van der Waals surface area contributed by atoms with Crippen LogP contribution in [0.2, 0.25) is 0 Å². The minimum Gasteiger partial charge on any atom is -0.494 e. The monoisotopic (exact) mass is 569 g/mol. The van der Waals surface area contributed by atoms with Crippen molar-refractivity contribution in [3.05, 3.63) is 83.2 Å². The summed E-state index contributed by atoms with van der Waals surface area (Å²) in [5.74, 6) is 3.69. The lowest BCUT2D eigenvalue weighted by atomic mass is 9.99. The summed E-state index contributed by atoms with van der Waals surface area (Å²) in [7, 11) is 1.32. The number of rotatable bonds is 6. The molecule has 3 aromatic rings. The van der Waals surface area contributed by atoms with Crippen LogP contribution in [0.1, 0.15) is 27.2 Å². The summed E-state index contributed by atoms with van der Waals surface area (Å²) in [5.41, 5.74) is 1.24. The standard InChI is InChI=1S/C30H28FN7O4/c1-42-24-5-3-21-17-38(27(39)25(21)26(24)31)19-30(28(40)34-29(41)35-30)9-6-20-2-4-22(33-16-20)18-36-12-14-37(15-13-36)23-7-10-32-11-8-23/h2-5,7-8,10-11,16H,12-15,17-19H2,1H3,(H2,34,35,40,41). The van der Waals surface area contributed by atoms with Crippen LogP contribution in [0, 0.1) is 17.7 Å². The Kier molecular flexibility index (Phi) is 7.18. The van der Waals surface area contributed by atoms with Gasteiger partial charge in [0.1, 0.15) is 0 Å². The lowest BCUT2D eigenvalue weighted by Crippen LogP contribution is -2.54. The summed E-state index contributed by atoms with van der Waals surface area (Å²) in [6.45, 7) is 4.12. The summed E-state index contributed by atoms with van der Waals surface area (Å²) in [4.78, 5) is 52.7. The van der Waals surface area contributed by atoms with E-state index in [0.717, 1.165) is 31.9 Å². The molecule has 11 nitrogen and oxygen atoms in total. The van der Waals surface area contributed by atoms with E-state index in [1.807, 2.05) is 24.3 Å². The van der Waals surface area contributed by atoms with Crippen molar-refractivity contribution in [2.75, 3.05) is 44.7 Å². The molecule has 42 heavy (non-hydrogen) atoms. The van der Waals surface area contributed by atoms with Gasteiger partial charge < -0.3 is 19.9 Å². The van der Waals surface area contributed by atoms with Crippen LogP contribution in [-0.4, -0.2) is 83.0 Å². The molecule has 1 atom stereocenters. The van der Waals surface area contributed by atoms with Crippen molar-refractivity contribution in [3.63, 3.8) is 0 Å². The number of anilines is 1. The van der Waals surface area contributed by atoms with Crippen molar-refractivity contribution in [1.82, 2.24) is 30.4 Å². The molecule has 0 aliphatic carbocycles. The molecule has 0 radical (unpaired) electrons. The maximum absolute atomic E-state index is 14.8. The predicted octanol–water partition coefficient (Wildman–Crippen LogP) is 1.53. The number of hydrogen-bond donors (Lipinski definition) is 2. The Hall–Kier alpha value is -5.02. The fraction of sp³-hybridized carbons (Fsp3) is 0.300. The molecule has 1 aromatic carbocycles. The van der Waals surface area contributed by atoms with Crippen LogP contribution in [0.5, 0.6) is 5.75 Å². The van der Waals surface area contributed by atoms with Crippen LogP contribution in [0.15, 0.2) is 55.0 Å². The average molecular weight is 570 g/mol. The lowest BCUT2D eigenvalue weighted by Gasteiger charge is -2.35. The highest BCUT2D eigenvalue weighted by Gasteiger charge is 2.48. The number of carbonyl (C=O) groups excluding carboxylic acids is 3. The second-order valence-corrected chi connectivity index (χ2v) is 10.3. The van der Waals surface area contributed by atoms with Crippen molar-refractivity contribution in [1.29, 1.82) is 0 Å². The number of nitrogens with one attached hydrogen (secondary N) is 2. The zero-order valence-electron chi connectivity index (χ0n) is 22.9. The van der Waals surface area contributed by atoms with Gasteiger partial charge in [-0.05, 0) is 35.9 Å². The number of piperazine rings is 1. The van der Waals surface area contributed by atoms with E-state index in [-0.39, 0.29) is 24.4 Å². The van der Waals surface area contributed by atoms with Crippen molar-refractivity contribution in [3.8, 4) is 17.6 Å². The zero-order chi connectivity index (χ0) is 29.3. The van der Waals surface area contributed by atoms with Gasteiger partial charge in [-0.3, -0.25) is 29.8 Å². The van der Waals surface area contributed by atoms with Gasteiger partial charge in [-0.15, -0.1) is 0 Å². The Labute approximate surface area is 241 Å². The molecular formula is C30H28FN7O4. The first-order valence-electron chi connectivity index (χ1n) is 13.5. The maximum Gasteiger partial charge on any atom is 0.323 e. The number of halogens is 1. The van der Waals surface area contributed by atoms with Gasteiger partial charge >= 0.3 is 6.03 Å². The highest BCUT2D eigenvalue weighted by molar-refractivity contribution is 6.10. The van der Waals surface area contributed by atoms with Crippen molar-refractivity contribution in [2.45, 2.75) is 18.6 Å². The molecule has 0 spiro atoms. The van der Waals surface area contributed by atoms with Gasteiger partial charge in [-0.2, -0.15) is 0 Å². The normalized spacial score (nSPS) is 20.1. The average Bonchev–Trinajstić information content (AvgIpc) is 3.47. The van der Waals surface area contributed by atoms with Crippen LogP contribution in [0.3, 0.4) is 0 Å². The Morgan fingerprint density at radius 1 is 1.05 bits per heavy atom. The van der Waals surface area contributed by atoms with Gasteiger partial charge in [-0.1, -0.05) is 17.9 Å². The SMILES string of the molecule is COc1ccc2c(c1F)C(=O)N(CC1(C#Cc3ccc(CN4CCN(c5ccncc5)CC4)nc3)NC(=O)NC1=O)C2. The predicted molar refractivity (Wildman–Crippen MR) is 150 cm³/mol. The third kappa shape index (κ3) is 5.22. The Morgan fingerprint density at radius 2 is 1.83 bits per heavy atom. The number of nitrogens with zero attached hydrogens (tertiary/aromatic N) is 5. The molecule has 214 valence electrons. The molecule has 12 heteroatoms. The number of carbonyl (C=O) groups is 3. The van der Waals surface area contributed by atoms with Crippen LogP contribution in [0.25, 0.3) is 0 Å². The smallest absolute Gasteiger partial charge is 0.323 e. The minimum atomic E-state index is -1.71. The molecule has 1 unspecified atom stereocenters. The molecule has 5 heterocycles. The lowest BCUT2D eigenvalue weighted by molar-refractivity contribution is -0.122. The van der Waals surface area contributed by atoms with Crippen molar-refractivity contribution < 1.29 is 23.5 Å². The highest BCUT2D eigenvalue weighted by Crippen LogP contribution is 2.32. The van der Waals surface area contributed by atoms with Gasteiger partial charge in [0.25, 0.3) is 11.8 Å². The number of imide groups is 1. The zero-order valence-corrected chi connectivity index (χ0v) is 22.9. The van der Waals surface area contributed by atoms with Crippen LogP contribution < -0.4 is 20.3 Å². The summed E-state index contributed by atoms with van der Waals surface area (Å²) < 4.78 is 19.8. The molecular weight excluding hydrogens is 541 g/mol. The molecule has 2 aromatic heterocycles. The molecule has 0 bridgehead atoms. The summed E-state index contributed by atoms with van der Waals surface area (Å²) in [6, 6.07) is 10.1. The Bertz CT molecular complexity index is 1600. The summed E-state index contributed by atoms with van der Waals surface area (Å²) >= 11 is 0. The quantitative estimate of drug-likeness (QED) is 0.339. The number of fused-ring (bicyclic) bond motifs is 1. The van der Waals surface area contributed by atoms with E-state index in [0.29, 0.717) is 17.7 Å². The van der Waals surface area contributed by atoms with E-state index in [9.17, 15) is 18.8 Å².